The summed E-state index contributed by atoms with van der Waals surface area (Å²) in [7, 11) is 0. The smallest absolute Gasteiger partial charge is 0.162 e. The molecule has 30 heavy (non-hydrogen) atoms. The third kappa shape index (κ3) is 3.90. The number of anilines is 3. The van der Waals surface area contributed by atoms with Gasteiger partial charge in [0.05, 0.1) is 11.7 Å². The predicted octanol–water partition coefficient (Wildman–Crippen LogP) is 3.31. The van der Waals surface area contributed by atoms with Crippen LogP contribution in [0.5, 0.6) is 0 Å². The first kappa shape index (κ1) is 18.4. The lowest BCUT2D eigenvalue weighted by Crippen LogP contribution is -2.23. The van der Waals surface area contributed by atoms with Gasteiger partial charge in [-0.2, -0.15) is 0 Å². The molecule has 8 heteroatoms. The number of nitrogens with zero attached hydrogens (tertiary/aromatic N) is 5. The standard InChI is InChI=1S/C22H22N8/c1-14-2-3-19(26-11-14)29-20-10-15(4-9-25-20)21-28-18-13-24-8-6-17(18)22(30-21)27-16-5-7-23-12-16/h2-4,6,8-11,13,16,23H,5,7,12H2,1H3,(H,25,26,29)(H,27,28,30)/t16-/m1/s1. The van der Waals surface area contributed by atoms with E-state index < -0.39 is 0 Å². The van der Waals surface area contributed by atoms with E-state index in [-0.39, 0.29) is 0 Å². The fourth-order valence-electron chi connectivity index (χ4n) is 3.50. The zero-order valence-corrected chi connectivity index (χ0v) is 16.6. The minimum atomic E-state index is 0.353. The molecule has 0 aromatic carbocycles. The molecule has 1 aliphatic rings. The zero-order chi connectivity index (χ0) is 20.3. The first-order valence-electron chi connectivity index (χ1n) is 10.00. The Morgan fingerprint density at radius 3 is 2.80 bits per heavy atom. The molecular formula is C22H22N8. The SMILES string of the molecule is Cc1ccc(Nc2cc(-c3nc(N[C@@H]4CCNC4)c4ccncc4n3)ccn2)nc1. The third-order valence-electron chi connectivity index (χ3n) is 5.09. The molecule has 0 radical (unpaired) electrons. The van der Waals surface area contributed by atoms with Gasteiger partial charge < -0.3 is 16.0 Å². The molecule has 0 saturated carbocycles. The maximum Gasteiger partial charge on any atom is 0.162 e. The van der Waals surface area contributed by atoms with Crippen molar-refractivity contribution in [3.05, 3.63) is 60.7 Å². The summed E-state index contributed by atoms with van der Waals surface area (Å²) < 4.78 is 0. The highest BCUT2D eigenvalue weighted by atomic mass is 15.1. The highest BCUT2D eigenvalue weighted by molar-refractivity contribution is 5.90. The summed E-state index contributed by atoms with van der Waals surface area (Å²) >= 11 is 0. The number of rotatable bonds is 5. The van der Waals surface area contributed by atoms with Crippen LogP contribution >= 0.6 is 0 Å². The van der Waals surface area contributed by atoms with Crippen LogP contribution in [0.3, 0.4) is 0 Å². The van der Waals surface area contributed by atoms with Gasteiger partial charge in [0.2, 0.25) is 0 Å². The van der Waals surface area contributed by atoms with Crippen LogP contribution < -0.4 is 16.0 Å². The van der Waals surface area contributed by atoms with E-state index in [0.29, 0.717) is 17.7 Å². The largest absolute Gasteiger partial charge is 0.365 e. The molecule has 1 atom stereocenters. The molecule has 0 spiro atoms. The fraction of sp³-hybridized carbons (Fsp3) is 0.227. The summed E-state index contributed by atoms with van der Waals surface area (Å²) in [6, 6.07) is 10.1. The first-order chi connectivity index (χ1) is 14.7. The maximum absolute atomic E-state index is 4.85. The summed E-state index contributed by atoms with van der Waals surface area (Å²) in [6.07, 6.45) is 8.18. The number of hydrogen-bond acceptors (Lipinski definition) is 8. The minimum Gasteiger partial charge on any atom is -0.365 e. The summed E-state index contributed by atoms with van der Waals surface area (Å²) in [5.74, 6) is 2.89. The Morgan fingerprint density at radius 1 is 1.00 bits per heavy atom. The molecule has 4 aromatic rings. The van der Waals surface area contributed by atoms with Crippen molar-refractivity contribution in [2.75, 3.05) is 23.7 Å². The lowest BCUT2D eigenvalue weighted by Gasteiger charge is -2.15. The van der Waals surface area contributed by atoms with E-state index in [2.05, 4.69) is 30.9 Å². The Hall–Kier alpha value is -3.65. The molecule has 5 heterocycles. The Bertz CT molecular complexity index is 1170. The van der Waals surface area contributed by atoms with Gasteiger partial charge in [-0.05, 0) is 49.7 Å². The maximum atomic E-state index is 4.85. The van der Waals surface area contributed by atoms with Crippen molar-refractivity contribution in [3.8, 4) is 11.4 Å². The second-order valence-electron chi connectivity index (χ2n) is 7.40. The summed E-state index contributed by atoms with van der Waals surface area (Å²) in [5.41, 5.74) is 2.79. The van der Waals surface area contributed by atoms with Gasteiger partial charge in [0.15, 0.2) is 5.82 Å². The van der Waals surface area contributed by atoms with Gasteiger partial charge in [0.25, 0.3) is 0 Å². The molecule has 1 fully saturated rings. The van der Waals surface area contributed by atoms with Crippen LogP contribution in [0.15, 0.2) is 55.1 Å². The van der Waals surface area contributed by atoms with Crippen molar-refractivity contribution in [2.24, 2.45) is 0 Å². The monoisotopic (exact) mass is 398 g/mol. The molecule has 3 N–H and O–H groups in total. The molecule has 0 aliphatic carbocycles. The van der Waals surface area contributed by atoms with E-state index in [4.69, 9.17) is 9.97 Å². The Labute approximate surface area is 174 Å². The second-order valence-corrected chi connectivity index (χ2v) is 7.40. The summed E-state index contributed by atoms with van der Waals surface area (Å²) in [4.78, 5) is 22.6. The van der Waals surface area contributed by atoms with Crippen LogP contribution in [0.1, 0.15) is 12.0 Å². The minimum absolute atomic E-state index is 0.353. The van der Waals surface area contributed by atoms with Crippen molar-refractivity contribution in [3.63, 3.8) is 0 Å². The lowest BCUT2D eigenvalue weighted by atomic mass is 10.2. The zero-order valence-electron chi connectivity index (χ0n) is 16.6. The average molecular weight is 398 g/mol. The third-order valence-corrected chi connectivity index (χ3v) is 5.09. The number of fused-ring (bicyclic) bond motifs is 1. The van der Waals surface area contributed by atoms with Crippen LogP contribution in [-0.2, 0) is 0 Å². The van der Waals surface area contributed by atoms with E-state index in [9.17, 15) is 0 Å². The Morgan fingerprint density at radius 2 is 1.97 bits per heavy atom. The van der Waals surface area contributed by atoms with Gasteiger partial charge in [0, 0.05) is 42.1 Å². The fourth-order valence-corrected chi connectivity index (χ4v) is 3.50. The first-order valence-corrected chi connectivity index (χ1v) is 10.00. The second kappa shape index (κ2) is 8.00. The molecule has 1 saturated heterocycles. The van der Waals surface area contributed by atoms with Crippen LogP contribution in [0.2, 0.25) is 0 Å². The van der Waals surface area contributed by atoms with Crippen molar-refractivity contribution in [2.45, 2.75) is 19.4 Å². The Kier molecular flexibility index (Phi) is 4.90. The van der Waals surface area contributed by atoms with Gasteiger partial charge in [-0.25, -0.2) is 19.9 Å². The van der Waals surface area contributed by atoms with Crippen LogP contribution in [0, 0.1) is 6.92 Å². The molecule has 8 nitrogen and oxygen atoms in total. The highest BCUT2D eigenvalue weighted by Crippen LogP contribution is 2.26. The van der Waals surface area contributed by atoms with Crippen LogP contribution in [0.25, 0.3) is 22.3 Å². The highest BCUT2D eigenvalue weighted by Gasteiger charge is 2.17. The van der Waals surface area contributed by atoms with Gasteiger partial charge in [-0.15, -0.1) is 0 Å². The molecule has 1 aliphatic heterocycles. The topological polar surface area (TPSA) is 101 Å². The molecule has 0 amide bonds. The molecule has 0 bridgehead atoms. The van der Waals surface area contributed by atoms with Gasteiger partial charge >= 0.3 is 0 Å². The molecular weight excluding hydrogens is 376 g/mol. The van der Waals surface area contributed by atoms with Crippen molar-refractivity contribution >= 4 is 28.4 Å². The number of pyridine rings is 3. The molecule has 5 rings (SSSR count). The average Bonchev–Trinajstić information content (AvgIpc) is 3.29. The van der Waals surface area contributed by atoms with Gasteiger partial charge in [-0.1, -0.05) is 6.07 Å². The summed E-state index contributed by atoms with van der Waals surface area (Å²) in [6.45, 7) is 3.95. The van der Waals surface area contributed by atoms with Gasteiger partial charge in [0.1, 0.15) is 17.5 Å². The summed E-state index contributed by atoms with van der Waals surface area (Å²) in [5, 5.41) is 11.2. The lowest BCUT2D eigenvalue weighted by molar-refractivity contribution is 0.789. The number of nitrogens with one attached hydrogen (secondary N) is 3. The predicted molar refractivity (Wildman–Crippen MR) is 118 cm³/mol. The van der Waals surface area contributed by atoms with Gasteiger partial charge in [-0.3, -0.25) is 4.98 Å². The van der Waals surface area contributed by atoms with Crippen molar-refractivity contribution in [1.82, 2.24) is 30.2 Å². The van der Waals surface area contributed by atoms with Crippen molar-refractivity contribution in [1.29, 1.82) is 0 Å². The molecule has 0 unspecified atom stereocenters. The molecule has 4 aromatic heterocycles. The van der Waals surface area contributed by atoms with E-state index in [1.54, 1.807) is 18.6 Å². The quantitative estimate of drug-likeness (QED) is 0.471. The number of aryl methyl sites for hydroxylation is 1. The van der Waals surface area contributed by atoms with Crippen LogP contribution in [-0.4, -0.2) is 44.1 Å². The van der Waals surface area contributed by atoms with E-state index in [0.717, 1.165) is 53.2 Å². The van der Waals surface area contributed by atoms with E-state index >= 15 is 0 Å². The molecule has 150 valence electrons. The van der Waals surface area contributed by atoms with E-state index in [1.165, 1.54) is 0 Å². The normalized spacial score (nSPS) is 16.0. The number of hydrogen-bond donors (Lipinski definition) is 3. The van der Waals surface area contributed by atoms with Crippen LogP contribution in [0.4, 0.5) is 17.5 Å². The van der Waals surface area contributed by atoms with Crippen molar-refractivity contribution < 1.29 is 0 Å². The van der Waals surface area contributed by atoms with E-state index in [1.807, 2.05) is 43.5 Å². The number of aromatic nitrogens is 5. The Balaban J connectivity index is 1.50.